The number of nitrogens with one attached hydrogen (secondary N) is 1. The van der Waals surface area contributed by atoms with Crippen LogP contribution in [0.25, 0.3) is 0 Å². The molecule has 0 bridgehead atoms. The number of esters is 1. The Hall–Kier alpha value is -2.60. The zero-order valence-electron chi connectivity index (χ0n) is 17.7. The molecule has 0 atom stereocenters. The number of rotatable bonds is 6. The van der Waals surface area contributed by atoms with Gasteiger partial charge in [0.15, 0.2) is 0 Å². The maximum Gasteiger partial charge on any atom is 0.338 e. The average Bonchev–Trinajstić information content (AvgIpc) is 2.60. The van der Waals surface area contributed by atoms with Crippen molar-refractivity contribution in [3.8, 4) is 0 Å². The summed E-state index contributed by atoms with van der Waals surface area (Å²) in [5.41, 5.74) is 0.615. The molecule has 1 amide bonds. The fourth-order valence-electron chi connectivity index (χ4n) is 2.76. The van der Waals surface area contributed by atoms with Gasteiger partial charge in [-0.05, 0) is 77.9 Å². The number of amides is 1. The molecular weight excluding hydrogens is 390 g/mol. The minimum absolute atomic E-state index is 0.224. The van der Waals surface area contributed by atoms with Crippen LogP contribution in [0.15, 0.2) is 36.4 Å². The van der Waals surface area contributed by atoms with E-state index in [1.165, 1.54) is 6.07 Å². The summed E-state index contributed by atoms with van der Waals surface area (Å²) in [4.78, 5) is 31.3. The molecule has 1 aromatic carbocycles. The number of carbonyl (C=O) groups excluding carboxylic acids is 2. The molecule has 7 heteroatoms. The van der Waals surface area contributed by atoms with Crippen LogP contribution in [0.1, 0.15) is 62.4 Å². The Bertz CT molecular complexity index is 874. The standard InChI is InChI=1S/C22H28ClN3O3/c1-7-26(14(2)3)19-13-16(23)12-18(25-19)20(27)24-17-10-8-15(9-11-17)21(28)29-22(4,5)6/h8-14H,7H2,1-6H3,(H,24,27). The van der Waals surface area contributed by atoms with Gasteiger partial charge in [0.25, 0.3) is 5.91 Å². The second-order valence-corrected chi connectivity index (χ2v) is 8.38. The number of nitrogens with zero attached hydrogens (tertiary/aromatic N) is 2. The van der Waals surface area contributed by atoms with Gasteiger partial charge in [-0.1, -0.05) is 11.6 Å². The molecule has 6 nitrogen and oxygen atoms in total. The smallest absolute Gasteiger partial charge is 0.338 e. The predicted octanol–water partition coefficient (Wildman–Crippen LogP) is 5.18. The number of aromatic nitrogens is 1. The van der Waals surface area contributed by atoms with E-state index in [4.69, 9.17) is 16.3 Å². The van der Waals surface area contributed by atoms with Crippen molar-refractivity contribution in [3.63, 3.8) is 0 Å². The summed E-state index contributed by atoms with van der Waals surface area (Å²) >= 11 is 6.21. The second kappa shape index (κ2) is 9.27. The first kappa shape index (κ1) is 22.7. The first-order valence-corrected chi connectivity index (χ1v) is 9.97. The highest BCUT2D eigenvalue weighted by atomic mass is 35.5. The Morgan fingerprint density at radius 1 is 1.17 bits per heavy atom. The van der Waals surface area contributed by atoms with E-state index in [2.05, 4.69) is 29.0 Å². The Labute approximate surface area is 177 Å². The van der Waals surface area contributed by atoms with Gasteiger partial charge < -0.3 is 15.0 Å². The van der Waals surface area contributed by atoms with Gasteiger partial charge in [0.1, 0.15) is 17.1 Å². The number of hydrogen-bond acceptors (Lipinski definition) is 5. The largest absolute Gasteiger partial charge is 0.456 e. The van der Waals surface area contributed by atoms with Crippen LogP contribution in [0.4, 0.5) is 11.5 Å². The predicted molar refractivity (Wildman–Crippen MR) is 117 cm³/mol. The number of hydrogen-bond donors (Lipinski definition) is 1. The van der Waals surface area contributed by atoms with Crippen LogP contribution in [0.3, 0.4) is 0 Å². The van der Waals surface area contributed by atoms with Gasteiger partial charge in [-0.2, -0.15) is 0 Å². The van der Waals surface area contributed by atoms with Gasteiger partial charge in [0.05, 0.1) is 5.56 Å². The summed E-state index contributed by atoms with van der Waals surface area (Å²) in [7, 11) is 0. The number of carbonyl (C=O) groups is 2. The Morgan fingerprint density at radius 2 is 1.79 bits per heavy atom. The van der Waals surface area contributed by atoms with Crippen LogP contribution in [0, 0.1) is 0 Å². The van der Waals surface area contributed by atoms with Gasteiger partial charge in [0.2, 0.25) is 0 Å². The molecule has 156 valence electrons. The summed E-state index contributed by atoms with van der Waals surface area (Å²) in [5, 5.41) is 3.23. The lowest BCUT2D eigenvalue weighted by Crippen LogP contribution is -2.31. The van der Waals surface area contributed by atoms with E-state index in [0.29, 0.717) is 22.1 Å². The Kier molecular flexibility index (Phi) is 7.25. The maximum absolute atomic E-state index is 12.7. The summed E-state index contributed by atoms with van der Waals surface area (Å²) in [6.45, 7) is 12.3. The third kappa shape index (κ3) is 6.46. The molecule has 1 aromatic heterocycles. The Balaban J connectivity index is 2.16. The van der Waals surface area contributed by atoms with Crippen LogP contribution < -0.4 is 10.2 Å². The van der Waals surface area contributed by atoms with E-state index >= 15 is 0 Å². The number of benzene rings is 1. The van der Waals surface area contributed by atoms with Crippen molar-refractivity contribution >= 4 is 35.0 Å². The van der Waals surface area contributed by atoms with Crippen LogP contribution in [0.5, 0.6) is 0 Å². The van der Waals surface area contributed by atoms with Gasteiger partial charge >= 0.3 is 5.97 Å². The number of halogens is 1. The average molecular weight is 418 g/mol. The van der Waals surface area contributed by atoms with E-state index in [-0.39, 0.29) is 17.6 Å². The van der Waals surface area contributed by atoms with E-state index < -0.39 is 11.6 Å². The summed E-state index contributed by atoms with van der Waals surface area (Å²) in [5.74, 6) is -0.135. The quantitative estimate of drug-likeness (QED) is 0.656. The summed E-state index contributed by atoms with van der Waals surface area (Å²) < 4.78 is 5.34. The second-order valence-electron chi connectivity index (χ2n) is 7.94. The van der Waals surface area contributed by atoms with Crippen molar-refractivity contribution in [1.29, 1.82) is 0 Å². The fourth-order valence-corrected chi connectivity index (χ4v) is 2.96. The van der Waals surface area contributed by atoms with Gasteiger partial charge in [-0.3, -0.25) is 4.79 Å². The normalized spacial score (nSPS) is 11.3. The molecule has 0 aliphatic heterocycles. The topological polar surface area (TPSA) is 71.5 Å². The van der Waals surface area contributed by atoms with Crippen molar-refractivity contribution < 1.29 is 14.3 Å². The van der Waals surface area contributed by atoms with Crippen molar-refractivity contribution in [2.45, 2.75) is 53.2 Å². The molecule has 0 saturated heterocycles. The maximum atomic E-state index is 12.7. The van der Waals surface area contributed by atoms with Crippen molar-refractivity contribution in [3.05, 3.63) is 52.7 Å². The molecule has 1 N–H and O–H groups in total. The Morgan fingerprint density at radius 3 is 2.31 bits per heavy atom. The lowest BCUT2D eigenvalue weighted by Gasteiger charge is -2.26. The molecular formula is C22H28ClN3O3. The molecule has 0 fully saturated rings. The molecule has 0 aliphatic rings. The third-order valence-electron chi connectivity index (χ3n) is 4.04. The third-order valence-corrected chi connectivity index (χ3v) is 4.26. The van der Waals surface area contributed by atoms with E-state index in [1.807, 2.05) is 27.7 Å². The van der Waals surface area contributed by atoms with Gasteiger partial charge in [0, 0.05) is 23.3 Å². The van der Waals surface area contributed by atoms with Crippen LogP contribution in [0.2, 0.25) is 5.02 Å². The molecule has 0 spiro atoms. The lowest BCUT2D eigenvalue weighted by atomic mass is 10.1. The van der Waals surface area contributed by atoms with Crippen molar-refractivity contribution in [1.82, 2.24) is 4.98 Å². The van der Waals surface area contributed by atoms with Crippen molar-refractivity contribution in [2.24, 2.45) is 0 Å². The SMILES string of the molecule is CCN(c1cc(Cl)cc(C(=O)Nc2ccc(C(=O)OC(C)(C)C)cc2)n1)C(C)C. The fraction of sp³-hybridized carbons (Fsp3) is 0.409. The monoisotopic (exact) mass is 417 g/mol. The zero-order valence-corrected chi connectivity index (χ0v) is 18.5. The minimum Gasteiger partial charge on any atom is -0.456 e. The highest BCUT2D eigenvalue weighted by Gasteiger charge is 2.18. The summed E-state index contributed by atoms with van der Waals surface area (Å²) in [6.07, 6.45) is 0. The minimum atomic E-state index is -0.567. The van der Waals surface area contributed by atoms with Gasteiger partial charge in [-0.15, -0.1) is 0 Å². The number of ether oxygens (including phenoxy) is 1. The first-order chi connectivity index (χ1) is 13.5. The summed E-state index contributed by atoms with van der Waals surface area (Å²) in [6, 6.07) is 10.0. The molecule has 1 heterocycles. The van der Waals surface area contributed by atoms with Crippen LogP contribution >= 0.6 is 11.6 Å². The first-order valence-electron chi connectivity index (χ1n) is 9.59. The van der Waals surface area contributed by atoms with E-state index in [9.17, 15) is 9.59 Å². The molecule has 0 saturated carbocycles. The highest BCUT2D eigenvalue weighted by molar-refractivity contribution is 6.31. The lowest BCUT2D eigenvalue weighted by molar-refractivity contribution is 0.00695. The van der Waals surface area contributed by atoms with E-state index in [1.54, 1.807) is 30.3 Å². The number of anilines is 2. The number of pyridine rings is 1. The molecule has 29 heavy (non-hydrogen) atoms. The molecule has 2 aromatic rings. The van der Waals surface area contributed by atoms with E-state index in [0.717, 1.165) is 6.54 Å². The van der Waals surface area contributed by atoms with Crippen LogP contribution in [-0.4, -0.2) is 35.0 Å². The zero-order chi connectivity index (χ0) is 21.8. The molecule has 0 aliphatic carbocycles. The molecule has 0 radical (unpaired) electrons. The van der Waals surface area contributed by atoms with Crippen molar-refractivity contribution in [2.75, 3.05) is 16.8 Å². The highest BCUT2D eigenvalue weighted by Crippen LogP contribution is 2.22. The molecule has 0 unspecified atom stereocenters. The van der Waals surface area contributed by atoms with Gasteiger partial charge in [-0.25, -0.2) is 9.78 Å². The van der Waals surface area contributed by atoms with Crippen LogP contribution in [-0.2, 0) is 4.74 Å². The molecule has 2 rings (SSSR count).